The zero-order valence-electron chi connectivity index (χ0n) is 30.8. The summed E-state index contributed by atoms with van der Waals surface area (Å²) in [5.41, 5.74) is 16.7. The van der Waals surface area contributed by atoms with Crippen molar-refractivity contribution in [3.63, 3.8) is 0 Å². The Labute approximate surface area is 329 Å². The second-order valence-corrected chi connectivity index (χ2v) is 16.3. The Balaban J connectivity index is 1.20. The molecule has 0 amide bonds. The summed E-state index contributed by atoms with van der Waals surface area (Å²) in [7, 11) is 0. The van der Waals surface area contributed by atoms with E-state index >= 15 is 0 Å². The molecule has 10 aromatic carbocycles. The number of benzene rings is 10. The number of thiophene rings is 1. The topological polar surface area (TPSA) is 0 Å². The summed E-state index contributed by atoms with van der Waals surface area (Å²) in [5.74, 6) is 0. The van der Waals surface area contributed by atoms with Gasteiger partial charge in [-0.05, 0) is 125 Å². The summed E-state index contributed by atoms with van der Waals surface area (Å²) >= 11 is 1.92. The maximum Gasteiger partial charge on any atom is 0.0434 e. The summed E-state index contributed by atoms with van der Waals surface area (Å²) in [5, 5.41) is 10.4. The second-order valence-electron chi connectivity index (χ2n) is 15.2. The van der Waals surface area contributed by atoms with Gasteiger partial charge in [-0.3, -0.25) is 0 Å². The van der Waals surface area contributed by atoms with Crippen molar-refractivity contribution in [2.45, 2.75) is 6.92 Å². The summed E-state index contributed by atoms with van der Waals surface area (Å²) < 4.78 is 2.66. The zero-order valence-corrected chi connectivity index (χ0v) is 31.6. The van der Waals surface area contributed by atoms with Gasteiger partial charge >= 0.3 is 0 Å². The lowest BCUT2D eigenvalue weighted by Crippen LogP contribution is -1.93. The van der Waals surface area contributed by atoms with Gasteiger partial charge in [0.1, 0.15) is 0 Å². The van der Waals surface area contributed by atoms with E-state index in [1.807, 2.05) is 11.3 Å². The number of fused-ring (bicyclic) bond motifs is 8. The van der Waals surface area contributed by atoms with E-state index in [1.165, 1.54) is 125 Å². The summed E-state index contributed by atoms with van der Waals surface area (Å²) in [6.45, 7) is 2.17. The van der Waals surface area contributed by atoms with Gasteiger partial charge in [-0.15, -0.1) is 11.3 Å². The van der Waals surface area contributed by atoms with Crippen LogP contribution in [0.4, 0.5) is 0 Å². The molecule has 1 aliphatic carbocycles. The van der Waals surface area contributed by atoms with Crippen LogP contribution in [0.2, 0.25) is 0 Å². The lowest BCUT2D eigenvalue weighted by atomic mass is 9.82. The predicted molar refractivity (Wildman–Crippen MR) is 243 cm³/mol. The first-order valence-electron chi connectivity index (χ1n) is 19.4. The minimum atomic E-state index is 1.23. The lowest BCUT2D eigenvalue weighted by molar-refractivity contribution is 1.47. The normalized spacial score (nSPS) is 12.0. The van der Waals surface area contributed by atoms with Crippen LogP contribution in [0.15, 0.2) is 188 Å². The van der Waals surface area contributed by atoms with E-state index in [9.17, 15) is 0 Å². The maximum atomic E-state index is 2.44. The second kappa shape index (κ2) is 12.1. The lowest BCUT2D eigenvalue weighted by Gasteiger charge is -2.20. The quantitative estimate of drug-likeness (QED) is 0.169. The fraction of sp³-hybridized carbons (Fsp3) is 0.0182. The van der Waals surface area contributed by atoms with Crippen LogP contribution >= 0.6 is 11.3 Å². The molecule has 0 spiro atoms. The average Bonchev–Trinajstić information content (AvgIpc) is 3.78. The molecule has 0 nitrogen and oxygen atoms in total. The van der Waals surface area contributed by atoms with E-state index in [1.54, 1.807) is 0 Å². The first kappa shape index (κ1) is 31.5. The molecule has 0 radical (unpaired) electrons. The molecule has 56 heavy (non-hydrogen) atoms. The standard InChI is InChI=1S/C55H34S/c1-33-23-25-36(26-24-33)51-43-20-11-10-19-42(43)50(35-15-6-3-7-16-35)53-44-22-12-21-41-40(27-28-45(52(41)44)54(51)53)47-30-39(34-13-4-2-5-14-34)31-48-46-29-37-17-8-9-18-38(37)32-49(46)56-55(47)48/h2-32H,1H3. The third kappa shape index (κ3) is 4.59. The van der Waals surface area contributed by atoms with Crippen LogP contribution in [0.25, 0.3) is 119 Å². The Morgan fingerprint density at radius 2 is 0.893 bits per heavy atom. The van der Waals surface area contributed by atoms with E-state index in [-0.39, 0.29) is 0 Å². The zero-order chi connectivity index (χ0) is 36.9. The minimum absolute atomic E-state index is 1.23. The van der Waals surface area contributed by atoms with Gasteiger partial charge in [-0.1, -0.05) is 169 Å². The highest BCUT2D eigenvalue weighted by molar-refractivity contribution is 7.26. The average molecular weight is 727 g/mol. The van der Waals surface area contributed by atoms with Crippen molar-refractivity contribution < 1.29 is 0 Å². The largest absolute Gasteiger partial charge is 0.135 e. The van der Waals surface area contributed by atoms with Crippen LogP contribution in [0, 0.1) is 6.92 Å². The summed E-state index contributed by atoms with van der Waals surface area (Å²) in [6, 6.07) is 70.3. The Morgan fingerprint density at radius 3 is 1.61 bits per heavy atom. The summed E-state index contributed by atoms with van der Waals surface area (Å²) in [6.07, 6.45) is 0. The predicted octanol–water partition coefficient (Wildman–Crippen LogP) is 16.1. The molecule has 0 atom stereocenters. The minimum Gasteiger partial charge on any atom is -0.135 e. The maximum absolute atomic E-state index is 2.44. The van der Waals surface area contributed by atoms with E-state index in [4.69, 9.17) is 0 Å². The first-order chi connectivity index (χ1) is 27.7. The number of aryl methyl sites for hydroxylation is 1. The molecule has 1 heterocycles. The monoisotopic (exact) mass is 726 g/mol. The Hall–Kier alpha value is -6.80. The molecule has 0 saturated heterocycles. The highest BCUT2D eigenvalue weighted by Gasteiger charge is 2.31. The number of hydrogen-bond donors (Lipinski definition) is 0. The van der Waals surface area contributed by atoms with Crippen molar-refractivity contribution in [1.82, 2.24) is 0 Å². The van der Waals surface area contributed by atoms with Gasteiger partial charge in [-0.2, -0.15) is 0 Å². The molecule has 0 bridgehead atoms. The highest BCUT2D eigenvalue weighted by atomic mass is 32.1. The Kier molecular flexibility index (Phi) is 6.82. The van der Waals surface area contributed by atoms with Crippen LogP contribution in [-0.2, 0) is 0 Å². The molecule has 260 valence electrons. The van der Waals surface area contributed by atoms with Crippen molar-refractivity contribution in [2.24, 2.45) is 0 Å². The van der Waals surface area contributed by atoms with Crippen molar-refractivity contribution in [2.75, 3.05) is 0 Å². The molecule has 0 fully saturated rings. The molecule has 12 rings (SSSR count). The van der Waals surface area contributed by atoms with E-state index < -0.39 is 0 Å². The van der Waals surface area contributed by atoms with Crippen LogP contribution < -0.4 is 0 Å². The van der Waals surface area contributed by atoms with Gasteiger partial charge < -0.3 is 0 Å². The van der Waals surface area contributed by atoms with Gasteiger partial charge in [-0.25, -0.2) is 0 Å². The van der Waals surface area contributed by atoms with Crippen LogP contribution in [0.1, 0.15) is 5.56 Å². The molecule has 1 aliphatic rings. The Bertz CT molecular complexity index is 3390. The van der Waals surface area contributed by atoms with Gasteiger partial charge in [0, 0.05) is 25.7 Å². The fourth-order valence-corrected chi connectivity index (χ4v) is 10.8. The third-order valence-corrected chi connectivity index (χ3v) is 13.2. The smallest absolute Gasteiger partial charge is 0.0434 e. The summed E-state index contributed by atoms with van der Waals surface area (Å²) in [4.78, 5) is 0. The Morgan fingerprint density at radius 1 is 0.321 bits per heavy atom. The third-order valence-electron chi connectivity index (χ3n) is 12.0. The van der Waals surface area contributed by atoms with Crippen molar-refractivity contribution >= 4 is 63.8 Å². The van der Waals surface area contributed by atoms with Crippen molar-refractivity contribution in [3.8, 4) is 66.8 Å². The van der Waals surface area contributed by atoms with Crippen molar-refractivity contribution in [1.29, 1.82) is 0 Å². The van der Waals surface area contributed by atoms with E-state index in [0.717, 1.165) is 0 Å². The van der Waals surface area contributed by atoms with Gasteiger partial charge in [0.2, 0.25) is 0 Å². The molecule has 0 saturated carbocycles. The van der Waals surface area contributed by atoms with Crippen LogP contribution in [0.5, 0.6) is 0 Å². The SMILES string of the molecule is Cc1ccc(-c2c3c(c(-c4ccccc4)c4ccccc24)-c2cccc4c(-c5cc(-c6ccccc6)cc6c5sc5cc7ccccc7cc56)ccc-3c24)cc1. The molecular weight excluding hydrogens is 693 g/mol. The molecule has 1 heteroatoms. The molecule has 1 aromatic heterocycles. The molecular formula is C55H34S. The highest BCUT2D eigenvalue weighted by Crippen LogP contribution is 2.59. The van der Waals surface area contributed by atoms with Crippen molar-refractivity contribution in [3.05, 3.63) is 194 Å². The number of rotatable bonds is 4. The van der Waals surface area contributed by atoms with Crippen LogP contribution in [0.3, 0.4) is 0 Å². The van der Waals surface area contributed by atoms with E-state index in [0.29, 0.717) is 0 Å². The van der Waals surface area contributed by atoms with Crippen LogP contribution in [-0.4, -0.2) is 0 Å². The fourth-order valence-electron chi connectivity index (χ4n) is 9.52. The van der Waals surface area contributed by atoms with Gasteiger partial charge in [0.05, 0.1) is 0 Å². The molecule has 0 aliphatic heterocycles. The first-order valence-corrected chi connectivity index (χ1v) is 20.2. The van der Waals surface area contributed by atoms with E-state index in [2.05, 4.69) is 195 Å². The van der Waals surface area contributed by atoms with Gasteiger partial charge in [0.15, 0.2) is 0 Å². The molecule has 0 unspecified atom stereocenters. The van der Waals surface area contributed by atoms with Gasteiger partial charge in [0.25, 0.3) is 0 Å². The molecule has 11 aromatic rings. The number of hydrogen-bond acceptors (Lipinski definition) is 1. The molecule has 0 N–H and O–H groups in total.